The molecule has 140 valence electrons. The largest absolute Gasteiger partial charge is 0.444 e. The van der Waals surface area contributed by atoms with Gasteiger partial charge in [-0.05, 0) is 31.5 Å². The molecule has 0 saturated carbocycles. The van der Waals surface area contributed by atoms with Gasteiger partial charge in [0.1, 0.15) is 11.6 Å². The summed E-state index contributed by atoms with van der Waals surface area (Å²) in [5.74, 6) is 1.46. The van der Waals surface area contributed by atoms with Crippen LogP contribution in [0, 0.1) is 19.7 Å². The maximum Gasteiger partial charge on any atom is 0.224 e. The zero-order valence-electron chi connectivity index (χ0n) is 15.2. The van der Waals surface area contributed by atoms with E-state index in [0.717, 1.165) is 11.5 Å². The van der Waals surface area contributed by atoms with Crippen molar-refractivity contribution < 1.29 is 13.6 Å². The lowest BCUT2D eigenvalue weighted by Crippen LogP contribution is -2.41. The molecule has 0 aliphatic carbocycles. The summed E-state index contributed by atoms with van der Waals surface area (Å²) in [5, 5.41) is 8.95. The molecular weight excluding hydrogens is 337 g/mol. The second-order valence-corrected chi connectivity index (χ2v) is 5.76. The van der Waals surface area contributed by atoms with Crippen LogP contribution in [-0.4, -0.2) is 37.0 Å². The van der Waals surface area contributed by atoms with Crippen molar-refractivity contribution in [2.45, 2.75) is 26.8 Å². The van der Waals surface area contributed by atoms with Gasteiger partial charge < -0.3 is 20.4 Å². The second kappa shape index (κ2) is 9.55. The predicted octanol–water partition coefficient (Wildman–Crippen LogP) is 1.45. The van der Waals surface area contributed by atoms with E-state index in [9.17, 15) is 9.18 Å². The number of carbonyl (C=O) groups excluding carboxylic acids is 1. The molecule has 0 atom stereocenters. The van der Waals surface area contributed by atoms with Crippen molar-refractivity contribution in [2.24, 2.45) is 4.99 Å². The van der Waals surface area contributed by atoms with Crippen LogP contribution in [0.1, 0.15) is 22.9 Å². The van der Waals surface area contributed by atoms with E-state index in [1.165, 1.54) is 12.1 Å². The van der Waals surface area contributed by atoms with Crippen molar-refractivity contribution in [1.82, 2.24) is 20.9 Å². The number of rotatable bonds is 7. The first-order chi connectivity index (χ1) is 12.5. The van der Waals surface area contributed by atoms with E-state index in [1.54, 1.807) is 19.2 Å². The Morgan fingerprint density at radius 1 is 1.23 bits per heavy atom. The van der Waals surface area contributed by atoms with Crippen molar-refractivity contribution in [3.63, 3.8) is 0 Å². The number of hydrogen-bond donors (Lipinski definition) is 3. The Balaban J connectivity index is 1.66. The lowest BCUT2D eigenvalue weighted by atomic mass is 10.1. The van der Waals surface area contributed by atoms with Gasteiger partial charge in [-0.1, -0.05) is 12.1 Å². The molecule has 8 heteroatoms. The molecule has 1 heterocycles. The molecule has 0 unspecified atom stereocenters. The molecule has 1 aromatic heterocycles. The number of carbonyl (C=O) groups is 1. The standard InChI is InChI=1S/C18H24FN5O2/c1-12-13(2)26-17(24-12)11-23-18(20-3)22-8-7-21-16(25)10-14-5-4-6-15(19)9-14/h4-6,9H,7-8,10-11H2,1-3H3,(H,21,25)(H2,20,22,23). The van der Waals surface area contributed by atoms with Crippen molar-refractivity contribution in [3.05, 3.63) is 53.0 Å². The fraction of sp³-hybridized carbons (Fsp3) is 0.389. The van der Waals surface area contributed by atoms with E-state index >= 15 is 0 Å². The van der Waals surface area contributed by atoms with Gasteiger partial charge in [-0.15, -0.1) is 0 Å². The third-order valence-corrected chi connectivity index (χ3v) is 3.70. The molecule has 0 fully saturated rings. The molecule has 2 aromatic rings. The van der Waals surface area contributed by atoms with Crippen LogP contribution in [0.2, 0.25) is 0 Å². The van der Waals surface area contributed by atoms with E-state index in [4.69, 9.17) is 4.42 Å². The minimum absolute atomic E-state index is 0.146. The van der Waals surface area contributed by atoms with Gasteiger partial charge in [0, 0.05) is 20.1 Å². The fourth-order valence-corrected chi connectivity index (χ4v) is 2.27. The van der Waals surface area contributed by atoms with Crippen molar-refractivity contribution in [2.75, 3.05) is 20.1 Å². The van der Waals surface area contributed by atoms with Gasteiger partial charge in [-0.3, -0.25) is 9.79 Å². The zero-order chi connectivity index (χ0) is 18.9. The molecule has 0 aliphatic rings. The summed E-state index contributed by atoms with van der Waals surface area (Å²) in [7, 11) is 1.66. The van der Waals surface area contributed by atoms with Crippen LogP contribution in [0.4, 0.5) is 4.39 Å². The number of aliphatic imine (C=N–C) groups is 1. The van der Waals surface area contributed by atoms with Crippen LogP contribution < -0.4 is 16.0 Å². The SMILES string of the molecule is CN=C(NCCNC(=O)Cc1cccc(F)c1)NCc1nc(C)c(C)o1. The molecule has 0 aliphatic heterocycles. The summed E-state index contributed by atoms with van der Waals surface area (Å²) in [6.45, 7) is 5.10. The van der Waals surface area contributed by atoms with Gasteiger partial charge in [0.15, 0.2) is 5.96 Å². The lowest BCUT2D eigenvalue weighted by Gasteiger charge is -2.11. The minimum atomic E-state index is -0.344. The smallest absolute Gasteiger partial charge is 0.224 e. The molecule has 0 radical (unpaired) electrons. The van der Waals surface area contributed by atoms with Gasteiger partial charge >= 0.3 is 0 Å². The zero-order valence-corrected chi connectivity index (χ0v) is 15.2. The molecule has 1 amide bonds. The Bertz CT molecular complexity index is 753. The quantitative estimate of drug-likeness (QED) is 0.394. The summed E-state index contributed by atoms with van der Waals surface area (Å²) >= 11 is 0. The fourth-order valence-electron chi connectivity index (χ4n) is 2.27. The van der Waals surface area contributed by atoms with E-state index < -0.39 is 0 Å². The minimum Gasteiger partial charge on any atom is -0.444 e. The van der Waals surface area contributed by atoms with Gasteiger partial charge in [0.05, 0.1) is 18.7 Å². The number of hydrogen-bond acceptors (Lipinski definition) is 4. The molecule has 7 nitrogen and oxygen atoms in total. The molecule has 2 rings (SSSR count). The van der Waals surface area contributed by atoms with Crippen molar-refractivity contribution in [1.29, 1.82) is 0 Å². The molecule has 1 aromatic carbocycles. The van der Waals surface area contributed by atoms with Crippen LogP contribution in [0.5, 0.6) is 0 Å². The topological polar surface area (TPSA) is 91.5 Å². The van der Waals surface area contributed by atoms with Crippen LogP contribution in [0.15, 0.2) is 33.7 Å². The van der Waals surface area contributed by atoms with Crippen LogP contribution in [0.3, 0.4) is 0 Å². The molecule has 3 N–H and O–H groups in total. The first-order valence-corrected chi connectivity index (χ1v) is 8.36. The Morgan fingerprint density at radius 2 is 2.00 bits per heavy atom. The first kappa shape index (κ1) is 19.4. The molecule has 0 saturated heterocycles. The number of aromatic nitrogens is 1. The normalized spacial score (nSPS) is 11.3. The molecule has 0 spiro atoms. The number of nitrogens with zero attached hydrogens (tertiary/aromatic N) is 2. The van der Waals surface area contributed by atoms with Crippen molar-refractivity contribution >= 4 is 11.9 Å². The number of amides is 1. The number of oxazole rings is 1. The highest BCUT2D eigenvalue weighted by Gasteiger charge is 2.07. The highest BCUT2D eigenvalue weighted by atomic mass is 19.1. The Kier molecular flexibility index (Phi) is 7.13. The third kappa shape index (κ3) is 6.19. The summed E-state index contributed by atoms with van der Waals surface area (Å²) in [5.41, 5.74) is 1.51. The monoisotopic (exact) mass is 361 g/mol. The summed E-state index contributed by atoms with van der Waals surface area (Å²) < 4.78 is 18.6. The van der Waals surface area contributed by atoms with Gasteiger partial charge in [0.2, 0.25) is 11.8 Å². The lowest BCUT2D eigenvalue weighted by molar-refractivity contribution is -0.120. The highest BCUT2D eigenvalue weighted by Crippen LogP contribution is 2.07. The summed E-state index contributed by atoms with van der Waals surface area (Å²) in [6, 6.07) is 6.02. The number of guanidine groups is 1. The van der Waals surface area contributed by atoms with Gasteiger partial charge in [0.25, 0.3) is 0 Å². The van der Waals surface area contributed by atoms with Gasteiger partial charge in [-0.25, -0.2) is 9.37 Å². The highest BCUT2D eigenvalue weighted by molar-refractivity contribution is 5.80. The van der Waals surface area contributed by atoms with E-state index in [1.807, 2.05) is 13.8 Å². The predicted molar refractivity (Wildman–Crippen MR) is 97.3 cm³/mol. The number of nitrogens with one attached hydrogen (secondary N) is 3. The summed E-state index contributed by atoms with van der Waals surface area (Å²) in [4.78, 5) is 20.2. The maximum absolute atomic E-state index is 13.1. The number of halogens is 1. The van der Waals surface area contributed by atoms with E-state index in [0.29, 0.717) is 37.0 Å². The maximum atomic E-state index is 13.1. The van der Waals surface area contributed by atoms with Crippen LogP contribution in [0.25, 0.3) is 0 Å². The van der Waals surface area contributed by atoms with E-state index in [-0.39, 0.29) is 18.1 Å². The van der Waals surface area contributed by atoms with Crippen molar-refractivity contribution in [3.8, 4) is 0 Å². The molecule has 26 heavy (non-hydrogen) atoms. The third-order valence-electron chi connectivity index (χ3n) is 3.70. The average molecular weight is 361 g/mol. The Hall–Kier alpha value is -2.90. The number of benzene rings is 1. The summed E-state index contributed by atoms with van der Waals surface area (Å²) in [6.07, 6.45) is 0.146. The number of aryl methyl sites for hydroxylation is 2. The van der Waals surface area contributed by atoms with E-state index in [2.05, 4.69) is 25.9 Å². The molecular formula is C18H24FN5O2. The second-order valence-electron chi connectivity index (χ2n) is 5.76. The average Bonchev–Trinajstić information content (AvgIpc) is 2.92. The van der Waals surface area contributed by atoms with Crippen LogP contribution in [-0.2, 0) is 17.8 Å². The van der Waals surface area contributed by atoms with Crippen LogP contribution >= 0.6 is 0 Å². The Labute approximate surface area is 152 Å². The first-order valence-electron chi connectivity index (χ1n) is 8.36. The Morgan fingerprint density at radius 3 is 2.65 bits per heavy atom. The molecule has 0 bridgehead atoms. The van der Waals surface area contributed by atoms with Gasteiger partial charge in [-0.2, -0.15) is 0 Å².